The van der Waals surface area contributed by atoms with Crippen molar-refractivity contribution in [3.8, 4) is 0 Å². The predicted octanol–water partition coefficient (Wildman–Crippen LogP) is 13.0. The van der Waals surface area contributed by atoms with Gasteiger partial charge in [0, 0.05) is 12.8 Å². The molecule has 10 heteroatoms. The number of allylic oxidation sites excluding steroid dienone is 3. The highest BCUT2D eigenvalue weighted by Crippen LogP contribution is 2.36. The van der Waals surface area contributed by atoms with Crippen molar-refractivity contribution in [2.75, 3.05) is 13.2 Å². The lowest BCUT2D eigenvalue weighted by molar-refractivity contribution is -0.161. The van der Waals surface area contributed by atoms with Crippen LogP contribution in [-0.2, 0) is 32.9 Å². The largest absolute Gasteiger partial charge is 0.469 e. The van der Waals surface area contributed by atoms with Crippen molar-refractivity contribution in [2.45, 2.75) is 238 Å². The number of esters is 2. The number of phosphoric acid groups is 1. The van der Waals surface area contributed by atoms with E-state index in [1.165, 1.54) is 122 Å². The van der Waals surface area contributed by atoms with Crippen LogP contribution < -0.4 is 0 Å². The Hall–Kier alpha value is -1.51. The third kappa shape index (κ3) is 36.6. The van der Waals surface area contributed by atoms with Gasteiger partial charge >= 0.3 is 19.8 Å². The molecule has 1 aliphatic rings. The van der Waals surface area contributed by atoms with Crippen LogP contribution >= 0.6 is 7.82 Å². The summed E-state index contributed by atoms with van der Waals surface area (Å²) in [5, 5.41) is 0. The Kier molecular flexibility index (Phi) is 34.5. The molecular weight excluding hydrogens is 715 g/mol. The summed E-state index contributed by atoms with van der Waals surface area (Å²) >= 11 is 0. The second-order valence-electron chi connectivity index (χ2n) is 15.8. The number of rotatable bonds is 41. The van der Waals surface area contributed by atoms with Crippen molar-refractivity contribution in [1.82, 2.24) is 0 Å². The van der Waals surface area contributed by atoms with E-state index in [2.05, 4.69) is 42.7 Å². The van der Waals surface area contributed by atoms with Gasteiger partial charge in [0.2, 0.25) is 0 Å². The number of hydrogen-bond acceptors (Lipinski definition) is 7. The molecule has 0 amide bonds. The maximum Gasteiger partial charge on any atom is 0.469 e. The monoisotopic (exact) mass is 799 g/mol. The zero-order valence-electron chi connectivity index (χ0n) is 35.3. The summed E-state index contributed by atoms with van der Waals surface area (Å²) in [7, 11) is -4.76. The average Bonchev–Trinajstić information content (AvgIpc) is 3.91. The Balaban J connectivity index is 2.01. The smallest absolute Gasteiger partial charge is 0.462 e. The van der Waals surface area contributed by atoms with Gasteiger partial charge in [-0.3, -0.25) is 14.1 Å². The van der Waals surface area contributed by atoms with Crippen molar-refractivity contribution in [1.29, 1.82) is 0 Å². The average molecular weight is 799 g/mol. The normalized spacial score (nSPS) is 16.3. The second kappa shape index (κ2) is 36.8. The van der Waals surface area contributed by atoms with Gasteiger partial charge in [-0.25, -0.2) is 4.57 Å². The number of carbonyl (C=O) groups is 2. The summed E-state index contributed by atoms with van der Waals surface area (Å²) in [5.74, 6) is -0.900. The summed E-state index contributed by atoms with van der Waals surface area (Å²) in [6.07, 6.45) is 45.0. The Morgan fingerprint density at radius 2 is 1.00 bits per heavy atom. The first-order valence-corrected chi connectivity index (χ1v) is 24.3. The molecule has 1 rings (SSSR count). The van der Waals surface area contributed by atoms with Gasteiger partial charge in [-0.2, -0.15) is 0 Å². The zero-order valence-corrected chi connectivity index (χ0v) is 36.2. The topological polar surface area (TPSA) is 132 Å². The molecule has 1 fully saturated rings. The molecule has 322 valence electrons. The minimum atomic E-state index is -4.76. The molecular formula is C45H83O9P. The standard InChI is InChI=1S/C45H83O9P/c1-3-5-7-8-9-10-11-12-13-14-15-16-17-18-19-20-21-22-27-30-34-38-45(47)53-41(40-52-55(48,49)50)39-51-44(46)37-33-29-26-24-23-25-28-32-36-43-42(54-43)35-31-6-4-2/h12-13,28,32,41-43H,3-11,14-27,29-31,33-40H2,1-2H3,(H2,48,49,50)/b13-12-,32-28-/t41-,42?,43?/m1/s1. The first-order chi connectivity index (χ1) is 26.7. The van der Waals surface area contributed by atoms with Crippen molar-refractivity contribution in [3.63, 3.8) is 0 Å². The molecule has 2 N–H and O–H groups in total. The lowest BCUT2D eigenvalue weighted by atomic mass is 10.0. The van der Waals surface area contributed by atoms with Gasteiger partial charge in [0.05, 0.1) is 18.8 Å². The number of ether oxygens (including phenoxy) is 3. The van der Waals surface area contributed by atoms with E-state index in [-0.39, 0.29) is 19.4 Å². The van der Waals surface area contributed by atoms with Crippen LogP contribution in [0.15, 0.2) is 24.3 Å². The molecule has 0 radical (unpaired) electrons. The van der Waals surface area contributed by atoms with Crippen LogP contribution in [0, 0.1) is 0 Å². The summed E-state index contributed by atoms with van der Waals surface area (Å²) in [6, 6.07) is 0. The number of phosphoric ester groups is 1. The molecule has 0 aromatic rings. The number of epoxide rings is 1. The van der Waals surface area contributed by atoms with Crippen LogP contribution in [0.3, 0.4) is 0 Å². The van der Waals surface area contributed by atoms with Crippen molar-refractivity contribution in [2.24, 2.45) is 0 Å². The highest BCUT2D eigenvalue weighted by molar-refractivity contribution is 7.46. The Morgan fingerprint density at radius 3 is 1.51 bits per heavy atom. The van der Waals surface area contributed by atoms with Crippen LogP contribution in [-0.4, -0.2) is 53.3 Å². The highest BCUT2D eigenvalue weighted by Gasteiger charge is 2.36. The summed E-state index contributed by atoms with van der Waals surface area (Å²) in [6.45, 7) is 3.66. The van der Waals surface area contributed by atoms with Gasteiger partial charge < -0.3 is 24.0 Å². The van der Waals surface area contributed by atoms with Gasteiger partial charge in [0.15, 0.2) is 6.10 Å². The lowest BCUT2D eigenvalue weighted by Gasteiger charge is -2.18. The summed E-state index contributed by atoms with van der Waals surface area (Å²) in [4.78, 5) is 43.0. The third-order valence-electron chi connectivity index (χ3n) is 10.4. The Morgan fingerprint density at radius 1 is 0.564 bits per heavy atom. The molecule has 1 saturated heterocycles. The number of hydrogen-bond donors (Lipinski definition) is 2. The van der Waals surface area contributed by atoms with E-state index in [0.717, 1.165) is 57.8 Å². The van der Waals surface area contributed by atoms with Gasteiger partial charge in [0.1, 0.15) is 6.61 Å². The van der Waals surface area contributed by atoms with E-state index in [4.69, 9.17) is 24.0 Å². The first kappa shape index (κ1) is 51.5. The van der Waals surface area contributed by atoms with E-state index in [0.29, 0.717) is 25.0 Å². The van der Waals surface area contributed by atoms with Crippen molar-refractivity contribution >= 4 is 19.8 Å². The molecule has 0 saturated carbocycles. The molecule has 3 atom stereocenters. The van der Waals surface area contributed by atoms with Crippen LogP contribution in [0.4, 0.5) is 0 Å². The van der Waals surface area contributed by atoms with E-state index >= 15 is 0 Å². The fourth-order valence-corrected chi connectivity index (χ4v) is 7.21. The fourth-order valence-electron chi connectivity index (χ4n) is 6.85. The van der Waals surface area contributed by atoms with E-state index < -0.39 is 32.5 Å². The molecule has 9 nitrogen and oxygen atoms in total. The third-order valence-corrected chi connectivity index (χ3v) is 10.9. The van der Waals surface area contributed by atoms with Gasteiger partial charge in [0.25, 0.3) is 0 Å². The maximum absolute atomic E-state index is 12.4. The molecule has 2 unspecified atom stereocenters. The number of carbonyl (C=O) groups excluding carboxylic acids is 2. The molecule has 0 aromatic heterocycles. The quantitative estimate of drug-likeness (QED) is 0.0204. The SMILES string of the molecule is CCCCCCCC/C=C\CCCCCCCCCCCCCC(=O)O[C@H](COC(=O)CCCCCCC/C=C\CC1OC1CCCCC)COP(=O)(O)O. The Bertz CT molecular complexity index is 1010. The predicted molar refractivity (Wildman–Crippen MR) is 225 cm³/mol. The van der Waals surface area contributed by atoms with Gasteiger partial charge in [-0.15, -0.1) is 0 Å². The van der Waals surface area contributed by atoms with Gasteiger partial charge in [-0.05, 0) is 64.2 Å². The van der Waals surface area contributed by atoms with E-state index in [1.54, 1.807) is 0 Å². The first-order valence-electron chi connectivity index (χ1n) is 22.8. The van der Waals surface area contributed by atoms with E-state index in [1.807, 2.05) is 0 Å². The number of unbranched alkanes of at least 4 members (excludes halogenated alkanes) is 24. The minimum Gasteiger partial charge on any atom is -0.462 e. The van der Waals surface area contributed by atoms with Crippen molar-refractivity contribution in [3.05, 3.63) is 24.3 Å². The fraction of sp³-hybridized carbons (Fsp3) is 0.867. The molecule has 1 heterocycles. The van der Waals surface area contributed by atoms with Crippen LogP contribution in [0.1, 0.15) is 219 Å². The molecule has 0 spiro atoms. The minimum absolute atomic E-state index is 0.207. The zero-order chi connectivity index (χ0) is 40.1. The molecule has 1 aliphatic heterocycles. The Labute approximate surface area is 336 Å². The van der Waals surface area contributed by atoms with Crippen molar-refractivity contribution < 1.29 is 42.7 Å². The highest BCUT2D eigenvalue weighted by atomic mass is 31.2. The molecule has 55 heavy (non-hydrogen) atoms. The van der Waals surface area contributed by atoms with E-state index in [9.17, 15) is 14.2 Å². The maximum atomic E-state index is 12.4. The molecule has 0 aliphatic carbocycles. The van der Waals surface area contributed by atoms with Crippen LogP contribution in [0.2, 0.25) is 0 Å². The van der Waals surface area contributed by atoms with Gasteiger partial charge in [-0.1, -0.05) is 167 Å². The molecule has 0 bridgehead atoms. The lowest BCUT2D eigenvalue weighted by Crippen LogP contribution is -2.29. The second-order valence-corrected chi connectivity index (χ2v) is 17.0. The summed E-state index contributed by atoms with van der Waals surface area (Å²) in [5.41, 5.74) is 0. The summed E-state index contributed by atoms with van der Waals surface area (Å²) < 4.78 is 32.2. The van der Waals surface area contributed by atoms with Crippen LogP contribution in [0.25, 0.3) is 0 Å². The molecule has 0 aromatic carbocycles. The van der Waals surface area contributed by atoms with Crippen LogP contribution in [0.5, 0.6) is 0 Å².